The fraction of sp³-hybridized carbons (Fsp3) is 0.455. The molecule has 20 heavy (non-hydrogen) atoms. The van der Waals surface area contributed by atoms with E-state index in [4.69, 9.17) is 28.9 Å². The van der Waals surface area contributed by atoms with Crippen molar-refractivity contribution in [2.45, 2.75) is 23.8 Å². The molecule has 0 amide bonds. The second-order valence-electron chi connectivity index (χ2n) is 4.44. The Morgan fingerprint density at radius 2 is 1.95 bits per heavy atom. The lowest BCUT2D eigenvalue weighted by Crippen LogP contribution is -2.45. The second kappa shape index (κ2) is 7.13. The molecule has 0 aromatic heterocycles. The number of piperidine rings is 1. The molecule has 1 aromatic rings. The summed E-state index contributed by atoms with van der Waals surface area (Å²) in [5.41, 5.74) is 5.82. The van der Waals surface area contributed by atoms with Crippen molar-refractivity contribution in [1.82, 2.24) is 4.31 Å². The summed E-state index contributed by atoms with van der Waals surface area (Å²) in [4.78, 5) is 0.0245. The molecule has 9 heteroatoms. The van der Waals surface area contributed by atoms with E-state index in [0.29, 0.717) is 17.6 Å². The average Bonchev–Trinajstić information content (AvgIpc) is 2.36. The van der Waals surface area contributed by atoms with Gasteiger partial charge in [-0.15, -0.1) is 12.4 Å². The molecule has 2 N–H and O–H groups in total. The van der Waals surface area contributed by atoms with Crippen LogP contribution in [-0.4, -0.2) is 31.9 Å². The molecular formula is C11H14BrCl3N2O2S. The van der Waals surface area contributed by atoms with E-state index in [1.807, 2.05) is 0 Å². The summed E-state index contributed by atoms with van der Waals surface area (Å²) in [5, 5.41) is 0.235. The summed E-state index contributed by atoms with van der Waals surface area (Å²) >= 11 is 15.2. The number of halogens is 4. The van der Waals surface area contributed by atoms with E-state index < -0.39 is 10.0 Å². The minimum Gasteiger partial charge on any atom is -0.327 e. The van der Waals surface area contributed by atoms with E-state index in [-0.39, 0.29) is 33.4 Å². The van der Waals surface area contributed by atoms with Crippen LogP contribution in [0, 0.1) is 0 Å². The van der Waals surface area contributed by atoms with E-state index in [9.17, 15) is 8.42 Å². The molecule has 1 saturated heterocycles. The molecule has 0 aliphatic carbocycles. The first kappa shape index (κ1) is 18.5. The van der Waals surface area contributed by atoms with E-state index >= 15 is 0 Å². The fourth-order valence-corrected chi connectivity index (χ4v) is 4.77. The Morgan fingerprint density at radius 3 is 2.55 bits per heavy atom. The molecule has 0 spiro atoms. The summed E-state index contributed by atoms with van der Waals surface area (Å²) < 4.78 is 27.0. The van der Waals surface area contributed by atoms with E-state index in [1.165, 1.54) is 10.4 Å². The summed E-state index contributed by atoms with van der Waals surface area (Å²) in [7, 11) is -3.65. The zero-order valence-corrected chi connectivity index (χ0v) is 15.1. The molecule has 1 aliphatic rings. The molecule has 1 fully saturated rings. The van der Waals surface area contributed by atoms with Crippen molar-refractivity contribution in [3.63, 3.8) is 0 Å². The van der Waals surface area contributed by atoms with Crippen LogP contribution in [0.5, 0.6) is 0 Å². The van der Waals surface area contributed by atoms with Crippen LogP contribution in [-0.2, 0) is 10.0 Å². The van der Waals surface area contributed by atoms with Crippen LogP contribution in [0.2, 0.25) is 10.0 Å². The van der Waals surface area contributed by atoms with Crippen molar-refractivity contribution in [1.29, 1.82) is 0 Å². The highest BCUT2D eigenvalue weighted by Crippen LogP contribution is 2.36. The number of benzene rings is 1. The molecule has 1 aromatic carbocycles. The van der Waals surface area contributed by atoms with Gasteiger partial charge in [0.05, 0.1) is 10.0 Å². The van der Waals surface area contributed by atoms with Gasteiger partial charge in [0.25, 0.3) is 0 Å². The minimum absolute atomic E-state index is 0. The molecule has 0 bridgehead atoms. The van der Waals surface area contributed by atoms with Gasteiger partial charge in [0.15, 0.2) is 0 Å². The van der Waals surface area contributed by atoms with Crippen LogP contribution >= 0.6 is 51.5 Å². The predicted octanol–water partition coefficient (Wildman–Crippen LogP) is 3.29. The smallest absolute Gasteiger partial charge is 0.244 e. The van der Waals surface area contributed by atoms with Crippen LogP contribution in [0.3, 0.4) is 0 Å². The number of sulfonamides is 1. The summed E-state index contributed by atoms with van der Waals surface area (Å²) in [5.74, 6) is 0. The highest BCUT2D eigenvalue weighted by molar-refractivity contribution is 9.10. The van der Waals surface area contributed by atoms with Crippen LogP contribution in [0.25, 0.3) is 0 Å². The van der Waals surface area contributed by atoms with Crippen molar-refractivity contribution in [3.8, 4) is 0 Å². The Balaban J connectivity index is 0.00000200. The largest absolute Gasteiger partial charge is 0.327 e. The van der Waals surface area contributed by atoms with Gasteiger partial charge in [0.2, 0.25) is 10.0 Å². The van der Waals surface area contributed by atoms with E-state index in [0.717, 1.165) is 12.8 Å². The second-order valence-corrected chi connectivity index (χ2v) is 7.96. The van der Waals surface area contributed by atoms with Crippen LogP contribution in [0.15, 0.2) is 21.5 Å². The first-order valence-electron chi connectivity index (χ1n) is 5.73. The number of nitrogens with two attached hydrogens (primary N) is 1. The van der Waals surface area contributed by atoms with Crippen molar-refractivity contribution in [2.24, 2.45) is 5.73 Å². The maximum Gasteiger partial charge on any atom is 0.244 e. The van der Waals surface area contributed by atoms with Crippen molar-refractivity contribution >= 4 is 61.6 Å². The Morgan fingerprint density at radius 1 is 1.30 bits per heavy atom. The highest BCUT2D eigenvalue weighted by atomic mass is 79.9. The molecule has 0 saturated carbocycles. The Kier molecular flexibility index (Phi) is 6.59. The topological polar surface area (TPSA) is 63.4 Å². The van der Waals surface area contributed by atoms with Crippen molar-refractivity contribution in [2.75, 3.05) is 13.1 Å². The third kappa shape index (κ3) is 3.61. The first-order chi connectivity index (χ1) is 8.84. The fourth-order valence-electron chi connectivity index (χ4n) is 2.04. The molecule has 2 rings (SSSR count). The predicted molar refractivity (Wildman–Crippen MR) is 87.4 cm³/mol. The van der Waals surface area contributed by atoms with Crippen molar-refractivity contribution < 1.29 is 8.42 Å². The van der Waals surface area contributed by atoms with Gasteiger partial charge in [0, 0.05) is 23.6 Å². The zero-order valence-electron chi connectivity index (χ0n) is 10.4. The average molecular weight is 425 g/mol. The number of hydrogen-bond donors (Lipinski definition) is 1. The number of hydrogen-bond acceptors (Lipinski definition) is 3. The summed E-state index contributed by atoms with van der Waals surface area (Å²) in [6.45, 7) is 0.770. The number of nitrogens with zero attached hydrogens (tertiary/aromatic N) is 1. The van der Waals surface area contributed by atoms with Gasteiger partial charge >= 0.3 is 0 Å². The van der Waals surface area contributed by atoms with Gasteiger partial charge in [-0.1, -0.05) is 23.2 Å². The lowest BCUT2D eigenvalue weighted by Gasteiger charge is -2.30. The van der Waals surface area contributed by atoms with E-state index in [1.54, 1.807) is 6.07 Å². The van der Waals surface area contributed by atoms with Gasteiger partial charge in [-0.3, -0.25) is 0 Å². The van der Waals surface area contributed by atoms with Crippen LogP contribution < -0.4 is 5.73 Å². The van der Waals surface area contributed by atoms with Gasteiger partial charge < -0.3 is 5.73 Å². The monoisotopic (exact) mass is 422 g/mol. The maximum absolute atomic E-state index is 12.5. The van der Waals surface area contributed by atoms with Crippen molar-refractivity contribution in [3.05, 3.63) is 26.7 Å². The van der Waals surface area contributed by atoms with Gasteiger partial charge in [-0.25, -0.2) is 8.42 Å². The normalized spacial score (nSPS) is 20.5. The van der Waals surface area contributed by atoms with E-state index in [2.05, 4.69) is 15.9 Å². The standard InChI is InChI=1S/C11H13BrCl2N2O2S.ClH/c12-8-3-4-9(11(14)10(8)13)19(17,18)16-5-1-2-7(15)6-16;/h3-4,7H,1-2,5-6,15H2;1H. The molecule has 4 nitrogen and oxygen atoms in total. The molecule has 1 aliphatic heterocycles. The highest BCUT2D eigenvalue weighted by Gasteiger charge is 2.31. The molecule has 1 heterocycles. The summed E-state index contributed by atoms with van der Waals surface area (Å²) in [6.07, 6.45) is 1.59. The van der Waals surface area contributed by atoms with Gasteiger partial charge in [-0.2, -0.15) is 4.31 Å². The molecule has 1 unspecified atom stereocenters. The first-order valence-corrected chi connectivity index (χ1v) is 8.72. The zero-order chi connectivity index (χ0) is 14.2. The maximum atomic E-state index is 12.5. The summed E-state index contributed by atoms with van der Waals surface area (Å²) in [6, 6.07) is 2.90. The third-order valence-corrected chi connectivity index (χ3v) is 6.83. The lowest BCUT2D eigenvalue weighted by atomic mass is 10.1. The van der Waals surface area contributed by atoms with Gasteiger partial charge in [-0.05, 0) is 40.9 Å². The SMILES string of the molecule is Cl.NC1CCCN(S(=O)(=O)c2ccc(Br)c(Cl)c2Cl)C1. The Bertz CT molecular complexity index is 598. The Hall–Kier alpha value is 0.440. The lowest BCUT2D eigenvalue weighted by molar-refractivity contribution is 0.316. The Labute approximate surface area is 143 Å². The number of rotatable bonds is 2. The minimum atomic E-state index is -3.65. The molecule has 114 valence electrons. The van der Waals surface area contributed by atoms with Crippen LogP contribution in [0.4, 0.5) is 0 Å². The third-order valence-electron chi connectivity index (χ3n) is 3.04. The molecule has 0 radical (unpaired) electrons. The van der Waals surface area contributed by atoms with Gasteiger partial charge in [0.1, 0.15) is 4.90 Å². The molecule has 1 atom stereocenters. The molecular weight excluding hydrogens is 410 g/mol. The quantitative estimate of drug-likeness (QED) is 0.741. The van der Waals surface area contributed by atoms with Crippen LogP contribution in [0.1, 0.15) is 12.8 Å².